The number of aromatic nitrogens is 6. The van der Waals surface area contributed by atoms with E-state index < -0.39 is 24.3 Å². The normalized spacial score (nSPS) is 17.3. The molecule has 8 rings (SSSR count). The number of aromatic amines is 2. The van der Waals surface area contributed by atoms with Crippen molar-refractivity contribution < 1.29 is 28.7 Å². The van der Waals surface area contributed by atoms with Gasteiger partial charge in [0.25, 0.3) is 11.8 Å². The molecule has 3 aromatic carbocycles. The number of likely N-dealkylation sites (tertiary alicyclic amines) is 2. The largest absolute Gasteiger partial charge is 0.453 e. The van der Waals surface area contributed by atoms with E-state index in [1.165, 1.54) is 25.6 Å². The van der Waals surface area contributed by atoms with Crippen LogP contribution in [0.3, 0.4) is 0 Å². The van der Waals surface area contributed by atoms with Crippen molar-refractivity contribution in [1.82, 2.24) is 50.6 Å². The zero-order valence-electron chi connectivity index (χ0n) is 32.3. The van der Waals surface area contributed by atoms with Crippen molar-refractivity contribution in [3.63, 3.8) is 0 Å². The van der Waals surface area contributed by atoms with Crippen LogP contribution in [-0.4, -0.2) is 91.2 Å². The molecule has 0 saturated carbocycles. The Hall–Kier alpha value is -6.88. The monoisotopic (exact) mass is 814 g/mol. The second-order valence-corrected chi connectivity index (χ2v) is 15.2. The van der Waals surface area contributed by atoms with Crippen LogP contribution >= 0.6 is 11.3 Å². The molecule has 16 nitrogen and oxygen atoms in total. The van der Waals surface area contributed by atoms with Gasteiger partial charge in [0.2, 0.25) is 0 Å². The zero-order chi connectivity index (χ0) is 40.9. The van der Waals surface area contributed by atoms with Crippen molar-refractivity contribution in [2.45, 2.75) is 49.9 Å². The van der Waals surface area contributed by atoms with E-state index in [9.17, 15) is 19.2 Å². The second kappa shape index (κ2) is 17.3. The number of amides is 4. The summed E-state index contributed by atoms with van der Waals surface area (Å²) in [7, 11) is 2.54. The first-order valence-electron chi connectivity index (χ1n) is 19.3. The molecule has 0 bridgehead atoms. The van der Waals surface area contributed by atoms with Crippen LogP contribution in [0.5, 0.6) is 0 Å². The molecule has 0 aliphatic carbocycles. The molecular formula is C42H42N10O6S. The molecule has 0 spiro atoms. The third-order valence-electron chi connectivity index (χ3n) is 10.6. The lowest BCUT2D eigenvalue weighted by Crippen LogP contribution is -2.42. The lowest BCUT2D eigenvalue weighted by atomic mass is 10.1. The van der Waals surface area contributed by atoms with Crippen molar-refractivity contribution in [3.05, 3.63) is 120 Å². The second-order valence-electron chi connectivity index (χ2n) is 14.2. The van der Waals surface area contributed by atoms with Crippen LogP contribution < -0.4 is 10.6 Å². The highest BCUT2D eigenvalue weighted by Crippen LogP contribution is 2.37. The summed E-state index contributed by atoms with van der Waals surface area (Å²) in [5.74, 6) is 0.834. The first-order chi connectivity index (χ1) is 28.8. The van der Waals surface area contributed by atoms with Gasteiger partial charge in [0.05, 0.1) is 50.1 Å². The van der Waals surface area contributed by atoms with Crippen LogP contribution in [0.25, 0.3) is 32.5 Å². The summed E-state index contributed by atoms with van der Waals surface area (Å²) in [5, 5.41) is 15.7. The maximum Gasteiger partial charge on any atom is 0.407 e. The number of nitrogens with zero attached hydrogens (tertiary/aromatic N) is 6. The smallest absolute Gasteiger partial charge is 0.407 e. The van der Waals surface area contributed by atoms with Crippen molar-refractivity contribution in [1.29, 1.82) is 0 Å². The molecular weight excluding hydrogens is 773 g/mol. The zero-order valence-corrected chi connectivity index (χ0v) is 33.1. The van der Waals surface area contributed by atoms with Crippen LogP contribution in [-0.2, 0) is 19.1 Å². The molecule has 2 aliphatic heterocycles. The third kappa shape index (κ3) is 8.27. The maximum atomic E-state index is 13.9. The minimum absolute atomic E-state index is 0.230. The Labute approximate surface area is 343 Å². The number of methoxy groups -OCH3 is 2. The minimum atomic E-state index is -0.907. The van der Waals surface area contributed by atoms with E-state index in [-0.39, 0.29) is 23.9 Å². The van der Waals surface area contributed by atoms with E-state index in [1.54, 1.807) is 46.5 Å². The summed E-state index contributed by atoms with van der Waals surface area (Å²) in [6, 6.07) is 23.7. The summed E-state index contributed by atoms with van der Waals surface area (Å²) < 4.78 is 9.64. The summed E-state index contributed by atoms with van der Waals surface area (Å²) in [4.78, 5) is 71.9. The predicted molar refractivity (Wildman–Crippen MR) is 217 cm³/mol. The first kappa shape index (κ1) is 39.0. The van der Waals surface area contributed by atoms with Crippen molar-refractivity contribution >= 4 is 35.3 Å². The number of hydrogen-bond acceptors (Lipinski definition) is 11. The molecule has 0 radical (unpaired) electrons. The molecule has 2 fully saturated rings. The van der Waals surface area contributed by atoms with E-state index >= 15 is 0 Å². The number of carbonyl (C=O) groups is 4. The Balaban J connectivity index is 0.940. The summed E-state index contributed by atoms with van der Waals surface area (Å²) >= 11 is 1.42. The lowest BCUT2D eigenvalue weighted by Gasteiger charge is -2.28. The van der Waals surface area contributed by atoms with E-state index in [4.69, 9.17) is 9.47 Å². The number of benzene rings is 3. The van der Waals surface area contributed by atoms with E-state index in [2.05, 4.69) is 40.8 Å². The van der Waals surface area contributed by atoms with Crippen LogP contribution in [0, 0.1) is 0 Å². The molecule has 3 aromatic heterocycles. The fourth-order valence-corrected chi connectivity index (χ4v) is 8.50. The number of alkyl carbamates (subject to hydrolysis) is 2. The highest BCUT2D eigenvalue weighted by Gasteiger charge is 2.38. The van der Waals surface area contributed by atoms with E-state index in [0.29, 0.717) is 53.0 Å². The summed E-state index contributed by atoms with van der Waals surface area (Å²) in [6.45, 7) is 1.06. The lowest BCUT2D eigenvalue weighted by molar-refractivity contribution is -0.135. The molecule has 4 amide bonds. The Bertz CT molecular complexity index is 2420. The number of ether oxygens (including phenoxy) is 2. The van der Waals surface area contributed by atoms with Crippen molar-refractivity contribution in [2.75, 3.05) is 27.3 Å². The van der Waals surface area contributed by atoms with Gasteiger partial charge in [-0.15, -0.1) is 10.2 Å². The molecule has 0 unspecified atom stereocenters. The number of hydrogen-bond donors (Lipinski definition) is 4. The van der Waals surface area contributed by atoms with Crippen molar-refractivity contribution in [2.24, 2.45) is 0 Å². The molecule has 17 heteroatoms. The molecule has 2 saturated heterocycles. The van der Waals surface area contributed by atoms with Gasteiger partial charge in [-0.25, -0.2) is 19.6 Å². The average molecular weight is 815 g/mol. The van der Waals surface area contributed by atoms with Gasteiger partial charge in [0, 0.05) is 18.7 Å². The molecule has 302 valence electrons. The number of rotatable bonds is 11. The Morgan fingerprint density at radius 1 is 0.644 bits per heavy atom. The Morgan fingerprint density at radius 2 is 1.10 bits per heavy atom. The number of carbonyl (C=O) groups excluding carboxylic acids is 4. The highest BCUT2D eigenvalue weighted by molar-refractivity contribution is 7.17. The first-order valence-corrected chi connectivity index (χ1v) is 20.1. The highest BCUT2D eigenvalue weighted by atomic mass is 32.1. The maximum absolute atomic E-state index is 13.9. The third-order valence-corrected chi connectivity index (χ3v) is 11.7. The Kier molecular flexibility index (Phi) is 11.4. The molecule has 4 atom stereocenters. The molecule has 5 heterocycles. The van der Waals surface area contributed by atoms with Crippen molar-refractivity contribution in [3.8, 4) is 32.5 Å². The van der Waals surface area contributed by atoms with Gasteiger partial charge < -0.3 is 39.9 Å². The van der Waals surface area contributed by atoms with Crippen LogP contribution in [0.1, 0.15) is 72.6 Å². The van der Waals surface area contributed by atoms with Gasteiger partial charge in [0.1, 0.15) is 28.7 Å². The molecule has 6 aromatic rings. The predicted octanol–water partition coefficient (Wildman–Crippen LogP) is 6.51. The van der Waals surface area contributed by atoms with Crippen LogP contribution in [0.15, 0.2) is 97.3 Å². The van der Waals surface area contributed by atoms with Crippen LogP contribution in [0.4, 0.5) is 9.59 Å². The fourth-order valence-electron chi connectivity index (χ4n) is 7.69. The summed E-state index contributed by atoms with van der Waals surface area (Å²) in [5.41, 5.74) is 4.61. The number of H-pyrrole nitrogens is 2. The summed E-state index contributed by atoms with van der Waals surface area (Å²) in [6.07, 6.45) is 5.13. The van der Waals surface area contributed by atoms with Gasteiger partial charge in [-0.05, 0) is 42.4 Å². The molecule has 2 aliphatic rings. The van der Waals surface area contributed by atoms with Gasteiger partial charge >= 0.3 is 12.2 Å². The standard InChI is InChI=1S/C42H42N10O6S/c1-57-41(55)47-33(26-11-5-3-6-12-26)39(53)51-21-9-15-31(51)35-43-23-29(45-35)25-17-19-28(20-18-25)37-49-50-38(59-37)30-24-44-36(46-30)32-16-10-22-52(32)40(54)34(48-42(56)58-2)27-13-7-4-8-14-27/h3-8,11-14,17-20,23-24,31-34H,9-10,15-16,21-22H2,1-2H3,(H,43,45)(H,44,46)(H,47,55)(H,48,56)/t31-,32+,33+,34-/m0/s1. The van der Waals surface area contributed by atoms with Gasteiger partial charge in [-0.2, -0.15) is 0 Å². The topological polar surface area (TPSA) is 200 Å². The van der Waals surface area contributed by atoms with Gasteiger partial charge in [-0.3, -0.25) is 9.59 Å². The van der Waals surface area contributed by atoms with E-state index in [0.717, 1.165) is 41.1 Å². The number of nitrogens with one attached hydrogen (secondary N) is 4. The SMILES string of the molecule is COC(=O)N[C@H](C(=O)N1CCC[C@@H]1c1ncc(-c2nnc(-c3ccc(-c4cnc([C@@H]5CCCN5C(=O)[C@H](NC(=O)OC)c5ccccc5)[nH]4)cc3)s2)[nH]1)c1ccccc1. The average Bonchev–Trinajstić information content (AvgIpc) is 4.13. The van der Waals surface area contributed by atoms with E-state index in [1.807, 2.05) is 60.7 Å². The van der Waals surface area contributed by atoms with Gasteiger partial charge in [0.15, 0.2) is 5.01 Å². The minimum Gasteiger partial charge on any atom is -0.453 e. The quantitative estimate of drug-likeness (QED) is 0.112. The molecule has 59 heavy (non-hydrogen) atoms. The van der Waals surface area contributed by atoms with Gasteiger partial charge in [-0.1, -0.05) is 96.3 Å². The number of imidazole rings is 2. The Morgan fingerprint density at radius 3 is 1.61 bits per heavy atom. The van der Waals surface area contributed by atoms with Crippen LogP contribution in [0.2, 0.25) is 0 Å². The fraction of sp³-hybridized carbons (Fsp3) is 0.286. The molecule has 4 N–H and O–H groups in total.